The zero-order valence-electron chi connectivity index (χ0n) is 18.1. The van der Waals surface area contributed by atoms with Crippen molar-refractivity contribution >= 4 is 12.1 Å². The Morgan fingerprint density at radius 3 is 1.83 bits per heavy atom. The first kappa shape index (κ1) is 22.5. The number of hydrogen-bond donors (Lipinski definition) is 1. The third-order valence-electron chi connectivity index (χ3n) is 3.88. The first-order valence-corrected chi connectivity index (χ1v) is 9.80. The Morgan fingerprint density at radius 1 is 0.793 bits per heavy atom. The molecule has 2 aromatic carbocycles. The maximum atomic E-state index is 12.7. The van der Waals surface area contributed by atoms with Crippen molar-refractivity contribution in [2.45, 2.75) is 65.2 Å². The molecule has 0 unspecified atom stereocenters. The van der Waals surface area contributed by atoms with E-state index < -0.39 is 29.3 Å². The average Bonchev–Trinajstić information content (AvgIpc) is 2.59. The zero-order chi connectivity index (χ0) is 21.7. The second-order valence-corrected chi connectivity index (χ2v) is 9.00. The van der Waals surface area contributed by atoms with Gasteiger partial charge in [0.2, 0.25) is 0 Å². The lowest BCUT2D eigenvalue weighted by molar-refractivity contribution is -0.157. The van der Waals surface area contributed by atoms with E-state index in [4.69, 9.17) is 9.47 Å². The predicted molar refractivity (Wildman–Crippen MR) is 115 cm³/mol. The summed E-state index contributed by atoms with van der Waals surface area (Å²) in [7, 11) is 0. The van der Waals surface area contributed by atoms with E-state index >= 15 is 0 Å². The molecule has 0 heterocycles. The van der Waals surface area contributed by atoms with Gasteiger partial charge in [-0.15, -0.1) is 0 Å². The Kier molecular flexibility index (Phi) is 7.07. The standard InChI is InChI=1S/C24H31NO4/c1-23(2,3)28-21(26)20(25-22(27)29-24(4,5)6)16-17-12-14-19(15-13-17)18-10-8-7-9-11-18/h7-15,20H,16H2,1-6H3,(H,25,27)/t20-/m1/s1. The lowest BCUT2D eigenvalue weighted by atomic mass is 10.0. The summed E-state index contributed by atoms with van der Waals surface area (Å²) >= 11 is 0. The van der Waals surface area contributed by atoms with Gasteiger partial charge >= 0.3 is 12.1 Å². The molecule has 2 rings (SSSR count). The van der Waals surface area contributed by atoms with Gasteiger partial charge in [-0.3, -0.25) is 0 Å². The lowest BCUT2D eigenvalue weighted by Gasteiger charge is -2.26. The van der Waals surface area contributed by atoms with Crippen molar-refractivity contribution in [3.8, 4) is 11.1 Å². The fourth-order valence-corrected chi connectivity index (χ4v) is 2.72. The minimum absolute atomic E-state index is 0.309. The summed E-state index contributed by atoms with van der Waals surface area (Å²) in [6, 6.07) is 17.1. The average molecular weight is 398 g/mol. The van der Waals surface area contributed by atoms with Crippen molar-refractivity contribution in [3.05, 3.63) is 60.2 Å². The van der Waals surface area contributed by atoms with Gasteiger partial charge in [-0.25, -0.2) is 9.59 Å². The quantitative estimate of drug-likeness (QED) is 0.710. The van der Waals surface area contributed by atoms with E-state index in [1.807, 2.05) is 54.6 Å². The summed E-state index contributed by atoms with van der Waals surface area (Å²) in [5.74, 6) is -0.490. The zero-order valence-corrected chi connectivity index (χ0v) is 18.1. The second-order valence-electron chi connectivity index (χ2n) is 9.00. The molecule has 0 fully saturated rings. The molecule has 0 aliphatic carbocycles. The Hall–Kier alpha value is -2.82. The van der Waals surface area contributed by atoms with Gasteiger partial charge in [0.15, 0.2) is 0 Å². The largest absolute Gasteiger partial charge is 0.458 e. The van der Waals surface area contributed by atoms with Gasteiger partial charge in [-0.1, -0.05) is 54.6 Å². The minimum Gasteiger partial charge on any atom is -0.458 e. The Morgan fingerprint density at radius 2 is 1.31 bits per heavy atom. The van der Waals surface area contributed by atoms with Gasteiger partial charge in [0.1, 0.15) is 17.2 Å². The van der Waals surface area contributed by atoms with Crippen molar-refractivity contribution in [2.75, 3.05) is 0 Å². The van der Waals surface area contributed by atoms with Crippen molar-refractivity contribution in [2.24, 2.45) is 0 Å². The number of ether oxygens (including phenoxy) is 2. The highest BCUT2D eigenvalue weighted by Gasteiger charge is 2.28. The number of nitrogens with one attached hydrogen (secondary N) is 1. The van der Waals surface area contributed by atoms with E-state index in [0.717, 1.165) is 16.7 Å². The van der Waals surface area contributed by atoms with Crippen LogP contribution < -0.4 is 5.32 Å². The van der Waals surface area contributed by atoms with Crippen LogP contribution in [-0.2, 0) is 20.7 Å². The number of alkyl carbamates (subject to hydrolysis) is 1. The highest BCUT2D eigenvalue weighted by atomic mass is 16.6. The van der Waals surface area contributed by atoms with Gasteiger partial charge in [0, 0.05) is 6.42 Å². The van der Waals surface area contributed by atoms with E-state index in [1.165, 1.54) is 0 Å². The van der Waals surface area contributed by atoms with E-state index in [9.17, 15) is 9.59 Å². The van der Waals surface area contributed by atoms with E-state index in [-0.39, 0.29) is 0 Å². The Labute approximate surface area is 173 Å². The van der Waals surface area contributed by atoms with Crippen LogP contribution in [0.1, 0.15) is 47.1 Å². The number of rotatable bonds is 5. The molecule has 5 heteroatoms. The maximum absolute atomic E-state index is 12.7. The normalized spacial score (nSPS) is 12.8. The molecule has 0 aromatic heterocycles. The van der Waals surface area contributed by atoms with Crippen molar-refractivity contribution in [1.29, 1.82) is 0 Å². The van der Waals surface area contributed by atoms with Gasteiger partial charge in [0.25, 0.3) is 0 Å². The van der Waals surface area contributed by atoms with Crippen LogP contribution in [0.15, 0.2) is 54.6 Å². The molecule has 0 saturated carbocycles. The molecular formula is C24H31NO4. The van der Waals surface area contributed by atoms with Gasteiger partial charge in [-0.2, -0.15) is 0 Å². The summed E-state index contributed by atoms with van der Waals surface area (Å²) in [5, 5.41) is 2.66. The first-order valence-electron chi connectivity index (χ1n) is 9.80. The predicted octanol–water partition coefficient (Wildman–Crippen LogP) is 5.13. The third kappa shape index (κ3) is 7.98. The fraction of sp³-hybridized carbons (Fsp3) is 0.417. The molecule has 2 aromatic rings. The Balaban J connectivity index is 2.15. The minimum atomic E-state index is -0.841. The van der Waals surface area contributed by atoms with Crippen LogP contribution in [0.5, 0.6) is 0 Å². The van der Waals surface area contributed by atoms with E-state index in [0.29, 0.717) is 6.42 Å². The molecule has 0 aliphatic rings. The van der Waals surface area contributed by atoms with Crippen LogP contribution >= 0.6 is 0 Å². The first-order chi connectivity index (χ1) is 13.4. The molecule has 156 valence electrons. The van der Waals surface area contributed by atoms with Crippen molar-refractivity contribution < 1.29 is 19.1 Å². The van der Waals surface area contributed by atoms with Gasteiger partial charge < -0.3 is 14.8 Å². The van der Waals surface area contributed by atoms with Gasteiger partial charge in [-0.05, 0) is 58.2 Å². The monoisotopic (exact) mass is 397 g/mol. The molecule has 0 aliphatic heterocycles. The molecule has 29 heavy (non-hydrogen) atoms. The molecule has 0 spiro atoms. The van der Waals surface area contributed by atoms with Crippen LogP contribution in [0.2, 0.25) is 0 Å². The highest BCUT2D eigenvalue weighted by Crippen LogP contribution is 2.20. The number of hydrogen-bond acceptors (Lipinski definition) is 4. The summed E-state index contributed by atoms with van der Waals surface area (Å²) in [6.45, 7) is 10.7. The maximum Gasteiger partial charge on any atom is 0.408 e. The highest BCUT2D eigenvalue weighted by molar-refractivity contribution is 5.82. The van der Waals surface area contributed by atoms with Crippen molar-refractivity contribution in [3.63, 3.8) is 0 Å². The van der Waals surface area contributed by atoms with Gasteiger partial charge in [0.05, 0.1) is 0 Å². The number of carbonyl (C=O) groups excluding carboxylic acids is 2. The SMILES string of the molecule is CC(C)(C)OC(=O)N[C@H](Cc1ccc(-c2ccccc2)cc1)C(=O)OC(C)(C)C. The Bertz CT molecular complexity index is 815. The summed E-state index contributed by atoms with van der Waals surface area (Å²) < 4.78 is 10.8. The van der Waals surface area contributed by atoms with Crippen molar-refractivity contribution in [1.82, 2.24) is 5.32 Å². The number of esters is 1. The molecule has 0 saturated heterocycles. The van der Waals surface area contributed by atoms with E-state index in [1.54, 1.807) is 41.5 Å². The third-order valence-corrected chi connectivity index (χ3v) is 3.88. The summed E-state index contributed by atoms with van der Waals surface area (Å²) in [6.07, 6.45) is -0.335. The van der Waals surface area contributed by atoms with Crippen LogP contribution in [0.3, 0.4) is 0 Å². The second kappa shape index (κ2) is 9.12. The van der Waals surface area contributed by atoms with Crippen LogP contribution in [0.4, 0.5) is 4.79 Å². The van der Waals surface area contributed by atoms with Crippen LogP contribution in [0.25, 0.3) is 11.1 Å². The van der Waals surface area contributed by atoms with E-state index in [2.05, 4.69) is 5.32 Å². The molecule has 0 radical (unpaired) electrons. The van der Waals surface area contributed by atoms with Crippen LogP contribution in [0, 0.1) is 0 Å². The number of amides is 1. The molecular weight excluding hydrogens is 366 g/mol. The summed E-state index contributed by atoms with van der Waals surface area (Å²) in [4.78, 5) is 24.9. The molecule has 1 N–H and O–H groups in total. The van der Waals surface area contributed by atoms with Crippen LogP contribution in [-0.4, -0.2) is 29.3 Å². The molecule has 1 amide bonds. The summed E-state index contributed by atoms with van der Waals surface area (Å²) in [5.41, 5.74) is 1.82. The molecule has 5 nitrogen and oxygen atoms in total. The fourth-order valence-electron chi connectivity index (χ4n) is 2.72. The number of carbonyl (C=O) groups is 2. The topological polar surface area (TPSA) is 64.6 Å². The smallest absolute Gasteiger partial charge is 0.408 e. The lowest BCUT2D eigenvalue weighted by Crippen LogP contribution is -2.47. The molecule has 1 atom stereocenters. The molecule has 0 bridgehead atoms. The number of benzene rings is 2.